The van der Waals surface area contributed by atoms with Gasteiger partial charge in [-0.2, -0.15) is 9.97 Å². The number of carboxylic acid groups (broad SMARTS) is 1. The molecular weight excluding hydrogens is 549 g/mol. The van der Waals surface area contributed by atoms with Crippen molar-refractivity contribution in [3.8, 4) is 0 Å². The second-order valence-electron chi connectivity index (χ2n) is 13.2. The zero-order chi connectivity index (χ0) is 28.0. The van der Waals surface area contributed by atoms with E-state index >= 15 is 0 Å². The van der Waals surface area contributed by atoms with Gasteiger partial charge < -0.3 is 30.3 Å². The summed E-state index contributed by atoms with van der Waals surface area (Å²) in [5, 5.41) is 34.0. The minimum Gasteiger partial charge on any atom is -0.481 e. The fraction of sp³-hybridized carbons (Fsp3) is 0.760. The SMILES string of the molecule is C[C@]12C[C@@H]3C[C@](C)(C1)C[C@@](Nc1nc(Cl)nc4c1ncn4[C@@H]1O[C@H](CCP(=O)(O)CC(=O)O)[C@H](O)C1O)(C3)C2. The van der Waals surface area contributed by atoms with Crippen molar-refractivity contribution in [2.75, 3.05) is 17.6 Å². The number of nitrogens with zero attached hydrogens (tertiary/aromatic N) is 4. The van der Waals surface area contributed by atoms with Gasteiger partial charge >= 0.3 is 5.97 Å². The first-order chi connectivity index (χ1) is 18.2. The van der Waals surface area contributed by atoms with E-state index in [-0.39, 0.29) is 34.2 Å². The summed E-state index contributed by atoms with van der Waals surface area (Å²) in [7, 11) is -3.96. The molecule has 1 aliphatic heterocycles. The van der Waals surface area contributed by atoms with E-state index in [4.69, 9.17) is 21.4 Å². The summed E-state index contributed by atoms with van der Waals surface area (Å²) in [6.07, 6.45) is 2.20. The van der Waals surface area contributed by atoms with E-state index in [2.05, 4.69) is 34.1 Å². The largest absolute Gasteiger partial charge is 0.481 e. The second-order valence-corrected chi connectivity index (χ2v) is 16.0. The monoisotopic (exact) mass is 583 g/mol. The van der Waals surface area contributed by atoms with E-state index in [0.29, 0.717) is 22.9 Å². The van der Waals surface area contributed by atoms with Gasteiger partial charge in [0.2, 0.25) is 12.7 Å². The normalized spacial score (nSPS) is 40.7. The van der Waals surface area contributed by atoms with E-state index in [1.807, 2.05) is 0 Å². The van der Waals surface area contributed by atoms with E-state index in [1.54, 1.807) is 0 Å². The van der Waals surface area contributed by atoms with Crippen molar-refractivity contribution < 1.29 is 34.3 Å². The lowest BCUT2D eigenvalue weighted by Crippen LogP contribution is -2.61. The highest BCUT2D eigenvalue weighted by molar-refractivity contribution is 7.58. The molecule has 0 aromatic carbocycles. The number of aliphatic hydroxyl groups excluding tert-OH is 2. The fourth-order valence-electron chi connectivity index (χ4n) is 8.82. The Morgan fingerprint density at radius 3 is 2.51 bits per heavy atom. The summed E-state index contributed by atoms with van der Waals surface area (Å²) < 4.78 is 19.5. The predicted octanol–water partition coefficient (Wildman–Crippen LogP) is 3.00. The molecule has 7 rings (SSSR count). The summed E-state index contributed by atoms with van der Waals surface area (Å²) in [6.45, 7) is 4.78. The molecule has 2 aromatic heterocycles. The summed E-state index contributed by atoms with van der Waals surface area (Å²) in [6, 6.07) is 0. The Labute approximate surface area is 230 Å². The average Bonchev–Trinajstić information content (AvgIpc) is 3.30. The molecule has 0 amide bonds. The maximum absolute atomic E-state index is 12.2. The number of imidazole rings is 1. The Bertz CT molecular complexity index is 1350. The topological polar surface area (TPSA) is 180 Å². The number of hydrogen-bond donors (Lipinski definition) is 5. The summed E-state index contributed by atoms with van der Waals surface area (Å²) >= 11 is 6.37. The van der Waals surface area contributed by atoms with Gasteiger partial charge in [-0.1, -0.05) is 13.8 Å². The molecular formula is C25H35ClN5O7P. The van der Waals surface area contributed by atoms with Crippen LogP contribution in [0.15, 0.2) is 6.33 Å². The highest BCUT2D eigenvalue weighted by Gasteiger charge is 2.60. The number of nitrogens with one attached hydrogen (secondary N) is 1. The zero-order valence-electron chi connectivity index (χ0n) is 22.0. The minimum atomic E-state index is -3.96. The molecule has 2 aromatic rings. The van der Waals surface area contributed by atoms with Crippen LogP contribution in [0.5, 0.6) is 0 Å². The molecule has 1 saturated heterocycles. The minimum absolute atomic E-state index is 0.00776. The number of aliphatic carboxylic acids is 1. The van der Waals surface area contributed by atoms with Crippen molar-refractivity contribution in [1.29, 1.82) is 0 Å². The number of rotatable bonds is 8. The third-order valence-electron chi connectivity index (χ3n) is 9.16. The van der Waals surface area contributed by atoms with Gasteiger partial charge in [0.25, 0.3) is 0 Å². The summed E-state index contributed by atoms with van der Waals surface area (Å²) in [5.74, 6) is -0.189. The average molecular weight is 584 g/mol. The van der Waals surface area contributed by atoms with Gasteiger partial charge in [0, 0.05) is 11.7 Å². The smallest absolute Gasteiger partial charge is 0.313 e. The van der Waals surface area contributed by atoms with Crippen molar-refractivity contribution >= 4 is 41.9 Å². The highest BCUT2D eigenvalue weighted by Crippen LogP contribution is 2.67. The molecule has 12 nitrogen and oxygen atoms in total. The molecule has 214 valence electrons. The lowest BCUT2D eigenvalue weighted by atomic mass is 9.43. The molecule has 14 heteroatoms. The second kappa shape index (κ2) is 9.09. The van der Waals surface area contributed by atoms with Crippen LogP contribution in [0.4, 0.5) is 5.82 Å². The van der Waals surface area contributed by atoms with Crippen molar-refractivity contribution in [3.63, 3.8) is 0 Å². The van der Waals surface area contributed by atoms with Crippen LogP contribution in [-0.2, 0) is 14.1 Å². The maximum atomic E-state index is 12.2. The van der Waals surface area contributed by atoms with Gasteiger partial charge in [-0.15, -0.1) is 0 Å². The lowest BCUT2D eigenvalue weighted by Gasteiger charge is -2.65. The van der Waals surface area contributed by atoms with Gasteiger partial charge in [0.1, 0.15) is 18.4 Å². The quantitative estimate of drug-likeness (QED) is 0.228. The number of anilines is 1. The fourth-order valence-corrected chi connectivity index (χ4v) is 10.2. The molecule has 4 aliphatic carbocycles. The van der Waals surface area contributed by atoms with Gasteiger partial charge in [0.15, 0.2) is 23.2 Å². The van der Waals surface area contributed by atoms with Crippen LogP contribution in [0.2, 0.25) is 5.28 Å². The predicted molar refractivity (Wildman–Crippen MR) is 142 cm³/mol. The first-order valence-corrected chi connectivity index (χ1v) is 15.8. The number of ether oxygens (including phenoxy) is 1. The highest BCUT2D eigenvalue weighted by atomic mass is 35.5. The lowest BCUT2D eigenvalue weighted by molar-refractivity contribution is -0.134. The van der Waals surface area contributed by atoms with Crippen LogP contribution in [0.25, 0.3) is 11.2 Å². The molecule has 4 bridgehead atoms. The third-order valence-corrected chi connectivity index (χ3v) is 11.1. The summed E-state index contributed by atoms with van der Waals surface area (Å²) in [4.78, 5) is 34.2. The van der Waals surface area contributed by atoms with Gasteiger partial charge in [-0.25, -0.2) is 4.98 Å². The van der Waals surface area contributed by atoms with Gasteiger partial charge in [-0.3, -0.25) is 13.9 Å². The number of fused-ring (bicyclic) bond motifs is 1. The molecule has 3 heterocycles. The first kappa shape index (κ1) is 27.4. The van der Waals surface area contributed by atoms with Crippen molar-refractivity contribution in [1.82, 2.24) is 19.5 Å². The Balaban J connectivity index is 1.26. The third kappa shape index (κ3) is 4.97. The molecule has 39 heavy (non-hydrogen) atoms. The van der Waals surface area contributed by atoms with E-state index < -0.39 is 44.0 Å². The first-order valence-electron chi connectivity index (χ1n) is 13.4. The molecule has 4 saturated carbocycles. The molecule has 2 unspecified atom stereocenters. The molecule has 5 aliphatic rings. The van der Waals surface area contributed by atoms with E-state index in [1.165, 1.54) is 30.2 Å². The van der Waals surface area contributed by atoms with Crippen LogP contribution in [0, 0.1) is 16.7 Å². The Morgan fingerprint density at radius 2 is 1.87 bits per heavy atom. The maximum Gasteiger partial charge on any atom is 0.313 e. The zero-order valence-corrected chi connectivity index (χ0v) is 23.6. The number of hydrogen-bond acceptors (Lipinski definition) is 9. The number of halogens is 1. The molecule has 5 fully saturated rings. The molecule has 0 radical (unpaired) electrons. The summed E-state index contributed by atoms with van der Waals surface area (Å²) in [5.41, 5.74) is 1.25. The Morgan fingerprint density at radius 1 is 1.18 bits per heavy atom. The molecule has 5 N–H and O–H groups in total. The van der Waals surface area contributed by atoms with Crippen molar-refractivity contribution in [3.05, 3.63) is 11.6 Å². The van der Waals surface area contributed by atoms with Crippen LogP contribution in [0.3, 0.4) is 0 Å². The van der Waals surface area contributed by atoms with E-state index in [9.17, 15) is 24.5 Å². The number of carbonyl (C=O) groups is 1. The van der Waals surface area contributed by atoms with Gasteiger partial charge in [0.05, 0.1) is 12.4 Å². The number of aromatic nitrogens is 4. The number of aliphatic hydroxyl groups is 2. The van der Waals surface area contributed by atoms with Crippen LogP contribution in [-0.4, -0.2) is 81.9 Å². The number of carboxylic acids is 1. The van der Waals surface area contributed by atoms with Crippen molar-refractivity contribution in [2.24, 2.45) is 16.7 Å². The molecule has 9 atom stereocenters. The molecule has 0 spiro atoms. The Kier molecular flexibility index (Phi) is 6.38. The van der Waals surface area contributed by atoms with Crippen LogP contribution in [0.1, 0.15) is 65.0 Å². The van der Waals surface area contributed by atoms with Crippen LogP contribution >= 0.6 is 19.0 Å². The standard InChI is InChI=1S/C25H35ClN5O7P/c1-23-5-13-6-24(2,9-23)11-25(7-13,10-23)30-19-16-20(29-22(26)28-19)31(12-27-16)21-18(35)17(34)14(38-21)3-4-39(36,37)8-15(32)33/h12-14,17-18,21,34-35H,3-11H2,1-2H3,(H,32,33)(H,36,37)(H,28,29,30)/t13-,14-,17+,18?,21-,23+,24-,25-/m1/s1. The van der Waals surface area contributed by atoms with Crippen molar-refractivity contribution in [2.45, 2.75) is 88.9 Å². The van der Waals surface area contributed by atoms with Gasteiger partial charge in [-0.05, 0) is 73.3 Å². The Hall–Kier alpha value is -1.82. The van der Waals surface area contributed by atoms with E-state index in [0.717, 1.165) is 19.3 Å². The van der Waals surface area contributed by atoms with Crippen LogP contribution < -0.4 is 5.32 Å².